The molecule has 21 heavy (non-hydrogen) atoms. The van der Waals surface area contributed by atoms with Gasteiger partial charge in [-0.3, -0.25) is 0 Å². The summed E-state index contributed by atoms with van der Waals surface area (Å²) in [6.07, 6.45) is -4.22. The standard InChI is InChI=1S/C14H23BF4O2/c1-11(2,7-8-14(17,18)19)9-10(16)15-20-12(3,4)13(5,6)21-15/h9H,7-8H2,1-6H3. The highest BCUT2D eigenvalue weighted by Crippen LogP contribution is 2.40. The largest absolute Gasteiger partial charge is 0.524 e. The fourth-order valence-corrected chi connectivity index (χ4v) is 1.93. The Bertz CT molecular complexity index is 398. The summed E-state index contributed by atoms with van der Waals surface area (Å²) in [6.45, 7) is 10.3. The minimum atomic E-state index is -4.24. The maximum atomic E-state index is 14.2. The molecule has 122 valence electrons. The molecule has 0 aliphatic carbocycles. The first-order valence-electron chi connectivity index (χ1n) is 6.96. The Kier molecular flexibility index (Phi) is 4.91. The molecule has 0 aromatic rings. The minimum absolute atomic E-state index is 0.191. The van der Waals surface area contributed by atoms with Gasteiger partial charge in [-0.25, -0.2) is 4.39 Å². The molecule has 0 radical (unpaired) electrons. The third-order valence-electron chi connectivity index (χ3n) is 4.06. The third-order valence-corrected chi connectivity index (χ3v) is 4.06. The first-order chi connectivity index (χ1) is 9.15. The van der Waals surface area contributed by atoms with Gasteiger partial charge in [0.25, 0.3) is 0 Å². The second-order valence-corrected chi connectivity index (χ2v) is 7.22. The highest BCUT2D eigenvalue weighted by Gasteiger charge is 2.53. The average Bonchev–Trinajstić information content (AvgIpc) is 2.44. The lowest BCUT2D eigenvalue weighted by Gasteiger charge is -2.32. The summed E-state index contributed by atoms with van der Waals surface area (Å²) >= 11 is 0. The molecule has 0 spiro atoms. The summed E-state index contributed by atoms with van der Waals surface area (Å²) in [5.41, 5.74) is -2.97. The van der Waals surface area contributed by atoms with Crippen molar-refractivity contribution in [3.63, 3.8) is 0 Å². The normalized spacial score (nSPS) is 22.8. The van der Waals surface area contributed by atoms with Crippen LogP contribution in [0.25, 0.3) is 0 Å². The molecule has 2 nitrogen and oxygen atoms in total. The molecule has 0 atom stereocenters. The number of hydrogen-bond donors (Lipinski definition) is 0. The molecule has 0 aromatic carbocycles. The molecule has 1 fully saturated rings. The van der Waals surface area contributed by atoms with Crippen LogP contribution in [0.4, 0.5) is 17.6 Å². The van der Waals surface area contributed by atoms with Crippen molar-refractivity contribution < 1.29 is 26.9 Å². The molecule has 1 rings (SSSR count). The van der Waals surface area contributed by atoms with Gasteiger partial charge < -0.3 is 9.31 Å². The quantitative estimate of drug-likeness (QED) is 0.546. The monoisotopic (exact) mass is 310 g/mol. The molecule has 0 amide bonds. The summed E-state index contributed by atoms with van der Waals surface area (Å²) in [6, 6.07) is 0. The van der Waals surface area contributed by atoms with E-state index >= 15 is 0 Å². The van der Waals surface area contributed by atoms with Crippen molar-refractivity contribution in [1.29, 1.82) is 0 Å². The molecule has 1 aliphatic rings. The Balaban J connectivity index is 2.77. The predicted octanol–water partition coefficient (Wildman–Crippen LogP) is 4.84. The lowest BCUT2D eigenvalue weighted by Crippen LogP contribution is -2.41. The zero-order valence-corrected chi connectivity index (χ0v) is 13.4. The van der Waals surface area contributed by atoms with E-state index in [1.54, 1.807) is 41.5 Å². The van der Waals surface area contributed by atoms with Gasteiger partial charge in [0, 0.05) is 6.42 Å². The smallest absolute Gasteiger partial charge is 0.398 e. The first-order valence-corrected chi connectivity index (χ1v) is 6.96. The predicted molar refractivity (Wildman–Crippen MR) is 74.3 cm³/mol. The summed E-state index contributed by atoms with van der Waals surface area (Å²) in [7, 11) is -1.17. The first kappa shape index (κ1) is 18.5. The van der Waals surface area contributed by atoms with Crippen molar-refractivity contribution in [1.82, 2.24) is 0 Å². The number of allylic oxidation sites excluding steroid dienone is 1. The Hall–Kier alpha value is -0.555. The van der Waals surface area contributed by atoms with Crippen LogP contribution in [0.5, 0.6) is 0 Å². The van der Waals surface area contributed by atoms with Gasteiger partial charge in [0.15, 0.2) is 0 Å². The van der Waals surface area contributed by atoms with Crippen LogP contribution >= 0.6 is 0 Å². The van der Waals surface area contributed by atoms with E-state index in [9.17, 15) is 17.6 Å². The Morgan fingerprint density at radius 3 is 1.81 bits per heavy atom. The van der Waals surface area contributed by atoms with Crippen molar-refractivity contribution in [3.05, 3.63) is 11.8 Å². The van der Waals surface area contributed by atoms with Crippen LogP contribution < -0.4 is 0 Å². The molecule has 0 saturated carbocycles. The van der Waals surface area contributed by atoms with E-state index in [0.717, 1.165) is 0 Å². The molecule has 1 saturated heterocycles. The van der Waals surface area contributed by atoms with Crippen LogP contribution in [0.2, 0.25) is 0 Å². The number of halogens is 4. The second kappa shape index (κ2) is 5.58. The van der Waals surface area contributed by atoms with E-state index in [4.69, 9.17) is 9.31 Å². The van der Waals surface area contributed by atoms with E-state index in [1.807, 2.05) is 0 Å². The molecular formula is C14H23BF4O2. The summed E-state index contributed by atoms with van der Waals surface area (Å²) in [5, 5.41) is 0. The van der Waals surface area contributed by atoms with Crippen LogP contribution in [0.1, 0.15) is 54.4 Å². The van der Waals surface area contributed by atoms with Gasteiger partial charge >= 0.3 is 13.3 Å². The van der Waals surface area contributed by atoms with Gasteiger partial charge in [-0.2, -0.15) is 13.2 Å². The van der Waals surface area contributed by atoms with E-state index in [1.165, 1.54) is 6.08 Å². The van der Waals surface area contributed by atoms with Crippen molar-refractivity contribution >= 4 is 7.12 Å². The SMILES string of the molecule is CC(C)(C=C(F)B1OC(C)(C)C(C)(C)O1)CCC(F)(F)F. The van der Waals surface area contributed by atoms with Crippen LogP contribution in [0, 0.1) is 5.41 Å². The molecule has 0 N–H and O–H groups in total. The van der Waals surface area contributed by atoms with Gasteiger partial charge in [0.2, 0.25) is 0 Å². The van der Waals surface area contributed by atoms with Gasteiger partial charge in [0.05, 0.1) is 11.2 Å². The van der Waals surface area contributed by atoms with E-state index in [0.29, 0.717) is 0 Å². The number of alkyl halides is 3. The van der Waals surface area contributed by atoms with Crippen molar-refractivity contribution in [2.24, 2.45) is 5.41 Å². The fourth-order valence-electron chi connectivity index (χ4n) is 1.93. The van der Waals surface area contributed by atoms with Crippen molar-refractivity contribution in [2.75, 3.05) is 0 Å². The van der Waals surface area contributed by atoms with Crippen LogP contribution in [-0.2, 0) is 9.31 Å². The second-order valence-electron chi connectivity index (χ2n) is 7.22. The summed E-state index contributed by atoms with van der Waals surface area (Å²) in [5.74, 6) is 0. The van der Waals surface area contributed by atoms with Crippen molar-refractivity contribution in [3.8, 4) is 0 Å². The molecule has 1 heterocycles. The highest BCUT2D eigenvalue weighted by molar-refractivity contribution is 6.53. The maximum absolute atomic E-state index is 14.2. The molecule has 0 bridgehead atoms. The molecule has 0 aromatic heterocycles. The Labute approximate surface area is 124 Å². The lowest BCUT2D eigenvalue weighted by atomic mass is 9.79. The Morgan fingerprint density at radius 1 is 1.00 bits per heavy atom. The highest BCUT2D eigenvalue weighted by atomic mass is 19.4. The summed E-state index contributed by atoms with van der Waals surface area (Å²) < 4.78 is 62.1. The van der Waals surface area contributed by atoms with Gasteiger partial charge in [-0.15, -0.1) is 0 Å². The molecule has 0 unspecified atom stereocenters. The molecule has 1 aliphatic heterocycles. The van der Waals surface area contributed by atoms with Crippen LogP contribution in [-0.4, -0.2) is 24.5 Å². The number of rotatable bonds is 4. The summed E-state index contributed by atoms with van der Waals surface area (Å²) in [4.78, 5) is 0. The lowest BCUT2D eigenvalue weighted by molar-refractivity contribution is -0.138. The minimum Gasteiger partial charge on any atom is -0.398 e. The third kappa shape index (κ3) is 4.99. The van der Waals surface area contributed by atoms with Crippen molar-refractivity contribution in [2.45, 2.75) is 71.8 Å². The van der Waals surface area contributed by atoms with Gasteiger partial charge in [-0.1, -0.05) is 19.9 Å². The van der Waals surface area contributed by atoms with E-state index in [-0.39, 0.29) is 6.42 Å². The van der Waals surface area contributed by atoms with E-state index < -0.39 is 42.1 Å². The van der Waals surface area contributed by atoms with E-state index in [2.05, 4.69) is 0 Å². The van der Waals surface area contributed by atoms with Crippen LogP contribution in [0.15, 0.2) is 11.8 Å². The topological polar surface area (TPSA) is 18.5 Å². The molecular weight excluding hydrogens is 287 g/mol. The molecule has 7 heteroatoms. The fraction of sp³-hybridized carbons (Fsp3) is 0.857. The average molecular weight is 310 g/mol. The zero-order chi connectivity index (χ0) is 16.7. The maximum Gasteiger partial charge on any atom is 0.524 e. The van der Waals surface area contributed by atoms with Gasteiger partial charge in [0.1, 0.15) is 5.73 Å². The zero-order valence-electron chi connectivity index (χ0n) is 13.4. The van der Waals surface area contributed by atoms with Crippen LogP contribution in [0.3, 0.4) is 0 Å². The van der Waals surface area contributed by atoms with Gasteiger partial charge in [-0.05, 0) is 39.5 Å². The number of hydrogen-bond acceptors (Lipinski definition) is 2. The Morgan fingerprint density at radius 2 is 1.43 bits per heavy atom.